The van der Waals surface area contributed by atoms with Gasteiger partial charge in [-0.05, 0) is 62.4 Å². The number of hydrogen-bond acceptors (Lipinski definition) is 4. The lowest BCUT2D eigenvalue weighted by atomic mass is 10.0. The Morgan fingerprint density at radius 3 is 2.38 bits per heavy atom. The predicted molar refractivity (Wildman–Crippen MR) is 129 cm³/mol. The number of aromatic nitrogens is 2. The highest BCUT2D eigenvalue weighted by Crippen LogP contribution is 2.28. The number of para-hydroxylation sites is 1. The number of nitrogens with zero attached hydrogens (tertiary/aromatic N) is 3. The van der Waals surface area contributed by atoms with E-state index >= 15 is 0 Å². The van der Waals surface area contributed by atoms with Crippen LogP contribution in [0.15, 0.2) is 53.4 Å². The quantitative estimate of drug-likeness (QED) is 0.563. The maximum absolute atomic E-state index is 13.8. The number of rotatable bonds is 6. The third-order valence-corrected chi connectivity index (χ3v) is 8.48. The van der Waals surface area contributed by atoms with E-state index < -0.39 is 21.7 Å². The van der Waals surface area contributed by atoms with Gasteiger partial charge in [0.25, 0.3) is 5.91 Å². The van der Waals surface area contributed by atoms with E-state index in [0.29, 0.717) is 42.5 Å². The number of carbonyl (C=O) groups is 1. The number of piperidine rings is 1. The van der Waals surface area contributed by atoms with Crippen LogP contribution in [0.5, 0.6) is 0 Å². The summed E-state index contributed by atoms with van der Waals surface area (Å²) in [6.07, 6.45) is 1.73. The lowest BCUT2D eigenvalue weighted by Crippen LogP contribution is -2.38. The zero-order chi connectivity index (χ0) is 24.5. The zero-order valence-corrected chi connectivity index (χ0v) is 20.4. The number of benzene rings is 2. The first kappa shape index (κ1) is 24.1. The molecule has 1 N–H and O–H groups in total. The number of hydrogen-bond donors (Lipinski definition) is 1. The Kier molecular flexibility index (Phi) is 6.86. The van der Waals surface area contributed by atoms with E-state index in [1.54, 1.807) is 59.2 Å². The molecule has 1 fully saturated rings. The van der Waals surface area contributed by atoms with Gasteiger partial charge >= 0.3 is 0 Å². The molecule has 180 valence electrons. The summed E-state index contributed by atoms with van der Waals surface area (Å²) >= 11 is 0. The largest absolute Gasteiger partial charge is 0.319 e. The van der Waals surface area contributed by atoms with Gasteiger partial charge < -0.3 is 5.32 Å². The fourth-order valence-electron chi connectivity index (χ4n) is 4.25. The number of amides is 1. The highest BCUT2D eigenvalue weighted by atomic mass is 32.2. The monoisotopic (exact) mass is 484 g/mol. The maximum atomic E-state index is 13.8. The molecule has 1 amide bonds. The molecule has 1 saturated heterocycles. The van der Waals surface area contributed by atoms with Gasteiger partial charge in [-0.2, -0.15) is 9.40 Å². The molecule has 0 spiro atoms. The summed E-state index contributed by atoms with van der Waals surface area (Å²) in [6, 6.07) is 12.9. The summed E-state index contributed by atoms with van der Waals surface area (Å²) in [5, 5.41) is 7.06. The fraction of sp³-hybridized carbons (Fsp3) is 0.360. The van der Waals surface area contributed by atoms with Crippen LogP contribution in [0.3, 0.4) is 0 Å². The average molecular weight is 485 g/mol. The van der Waals surface area contributed by atoms with Crippen molar-refractivity contribution in [2.75, 3.05) is 18.4 Å². The number of aryl methyl sites for hydroxylation is 1. The lowest BCUT2D eigenvalue weighted by molar-refractivity contribution is 0.102. The minimum Gasteiger partial charge on any atom is -0.319 e. The minimum atomic E-state index is -3.60. The summed E-state index contributed by atoms with van der Waals surface area (Å²) in [4.78, 5) is 12.7. The third kappa shape index (κ3) is 4.90. The molecule has 0 unspecified atom stereocenters. The molecule has 3 aromatic rings. The van der Waals surface area contributed by atoms with E-state index in [1.165, 1.54) is 12.1 Å². The Bertz CT molecular complexity index is 1290. The van der Waals surface area contributed by atoms with Crippen molar-refractivity contribution in [1.29, 1.82) is 0 Å². The highest BCUT2D eigenvalue weighted by molar-refractivity contribution is 7.89. The topological polar surface area (TPSA) is 84.3 Å². The number of carbonyl (C=O) groups excluding carboxylic acids is 1. The standard InChI is InChI=1S/C25H29FN4O3S/c1-17-12-14-29(15-13-17)34(32,33)24-18(2)28-30(19(24)3)16-20-8-10-21(11-9-20)25(31)27-23-7-5-4-6-22(23)26/h4-11,17H,12-16H2,1-3H3,(H,27,31). The van der Waals surface area contributed by atoms with E-state index in [-0.39, 0.29) is 10.6 Å². The molecule has 2 heterocycles. The van der Waals surface area contributed by atoms with Crippen LogP contribution in [0.25, 0.3) is 0 Å². The molecule has 0 bridgehead atoms. The van der Waals surface area contributed by atoms with Gasteiger partial charge in [0.05, 0.1) is 23.6 Å². The molecule has 34 heavy (non-hydrogen) atoms. The van der Waals surface area contributed by atoms with E-state index in [2.05, 4.69) is 17.3 Å². The molecule has 7 nitrogen and oxygen atoms in total. The third-order valence-electron chi connectivity index (χ3n) is 6.33. The molecule has 0 radical (unpaired) electrons. The van der Waals surface area contributed by atoms with E-state index in [1.807, 2.05) is 0 Å². The van der Waals surface area contributed by atoms with Gasteiger partial charge in [0.2, 0.25) is 10.0 Å². The van der Waals surface area contributed by atoms with E-state index in [0.717, 1.165) is 18.4 Å². The van der Waals surface area contributed by atoms with Crippen LogP contribution in [-0.4, -0.2) is 41.5 Å². The van der Waals surface area contributed by atoms with Gasteiger partial charge in [-0.25, -0.2) is 12.8 Å². The predicted octanol–water partition coefficient (Wildman–Crippen LogP) is 4.36. The molecule has 0 saturated carbocycles. The second-order valence-corrected chi connectivity index (χ2v) is 10.7. The Morgan fingerprint density at radius 2 is 1.74 bits per heavy atom. The van der Waals surface area contributed by atoms with Gasteiger partial charge in [-0.15, -0.1) is 0 Å². The van der Waals surface area contributed by atoms with Crippen molar-refractivity contribution in [2.24, 2.45) is 5.92 Å². The average Bonchev–Trinajstić information content (AvgIpc) is 3.09. The molecular formula is C25H29FN4O3S. The van der Waals surface area contributed by atoms with Crippen molar-refractivity contribution in [3.63, 3.8) is 0 Å². The Hall–Kier alpha value is -3.04. The van der Waals surface area contributed by atoms with Crippen molar-refractivity contribution in [3.8, 4) is 0 Å². The molecule has 1 aliphatic heterocycles. The Morgan fingerprint density at radius 1 is 1.09 bits per heavy atom. The molecule has 4 rings (SSSR count). The van der Waals surface area contributed by atoms with Crippen molar-refractivity contribution in [3.05, 3.63) is 76.9 Å². The fourth-order valence-corrected chi connectivity index (χ4v) is 6.10. The molecule has 1 aromatic heterocycles. The normalized spacial score (nSPS) is 15.4. The molecule has 9 heteroatoms. The van der Waals surface area contributed by atoms with Gasteiger partial charge in [0.1, 0.15) is 10.7 Å². The molecule has 0 aliphatic carbocycles. The zero-order valence-electron chi connectivity index (χ0n) is 19.6. The van der Waals surface area contributed by atoms with Crippen molar-refractivity contribution >= 4 is 21.6 Å². The van der Waals surface area contributed by atoms with Crippen LogP contribution in [-0.2, 0) is 16.6 Å². The SMILES string of the molecule is Cc1nn(Cc2ccc(C(=O)Nc3ccccc3F)cc2)c(C)c1S(=O)(=O)N1CCC(C)CC1. The first-order chi connectivity index (χ1) is 16.2. The Labute approximate surface area is 199 Å². The van der Waals surface area contributed by atoms with Crippen LogP contribution >= 0.6 is 0 Å². The van der Waals surface area contributed by atoms with Crippen LogP contribution in [0.2, 0.25) is 0 Å². The second-order valence-electron chi connectivity index (χ2n) is 8.88. The first-order valence-electron chi connectivity index (χ1n) is 11.4. The highest BCUT2D eigenvalue weighted by Gasteiger charge is 2.33. The van der Waals surface area contributed by atoms with Gasteiger partial charge in [-0.1, -0.05) is 31.2 Å². The molecular weight excluding hydrogens is 455 g/mol. The summed E-state index contributed by atoms with van der Waals surface area (Å²) in [6.45, 7) is 7.07. The number of halogens is 1. The summed E-state index contributed by atoms with van der Waals surface area (Å²) in [7, 11) is -3.60. The first-order valence-corrected chi connectivity index (χ1v) is 12.8. The number of sulfonamides is 1. The smallest absolute Gasteiger partial charge is 0.255 e. The maximum Gasteiger partial charge on any atom is 0.255 e. The molecule has 1 aliphatic rings. The molecule has 2 aromatic carbocycles. The van der Waals surface area contributed by atoms with Crippen LogP contribution in [0, 0.1) is 25.6 Å². The van der Waals surface area contributed by atoms with Crippen molar-refractivity contribution in [2.45, 2.75) is 45.1 Å². The van der Waals surface area contributed by atoms with E-state index in [4.69, 9.17) is 0 Å². The van der Waals surface area contributed by atoms with Gasteiger partial charge in [-0.3, -0.25) is 9.48 Å². The number of anilines is 1. The summed E-state index contributed by atoms with van der Waals surface area (Å²) in [5.41, 5.74) is 2.46. The van der Waals surface area contributed by atoms with Crippen LogP contribution in [0.1, 0.15) is 47.1 Å². The lowest BCUT2D eigenvalue weighted by Gasteiger charge is -2.29. The Balaban J connectivity index is 1.49. The van der Waals surface area contributed by atoms with Crippen molar-refractivity contribution in [1.82, 2.24) is 14.1 Å². The number of nitrogens with one attached hydrogen (secondary N) is 1. The van der Waals surface area contributed by atoms with Gasteiger partial charge in [0, 0.05) is 18.7 Å². The second kappa shape index (κ2) is 9.68. The molecule has 0 atom stereocenters. The minimum absolute atomic E-state index is 0.121. The van der Waals surface area contributed by atoms with Gasteiger partial charge in [0.15, 0.2) is 0 Å². The van der Waals surface area contributed by atoms with E-state index in [9.17, 15) is 17.6 Å². The van der Waals surface area contributed by atoms with Crippen LogP contribution < -0.4 is 5.32 Å². The summed E-state index contributed by atoms with van der Waals surface area (Å²) in [5.74, 6) is -0.373. The summed E-state index contributed by atoms with van der Waals surface area (Å²) < 4.78 is 43.6. The van der Waals surface area contributed by atoms with Crippen molar-refractivity contribution < 1.29 is 17.6 Å². The van der Waals surface area contributed by atoms with Crippen LogP contribution in [0.4, 0.5) is 10.1 Å².